The molecule has 33 heavy (non-hydrogen) atoms. The lowest BCUT2D eigenvalue weighted by Gasteiger charge is -2.29. The van der Waals surface area contributed by atoms with Crippen molar-refractivity contribution >= 4 is 44.1 Å². The van der Waals surface area contributed by atoms with Gasteiger partial charge in [-0.2, -0.15) is 4.31 Å². The summed E-state index contributed by atoms with van der Waals surface area (Å²) in [5.74, 6) is 0.316. The number of hydrogen-bond acceptors (Lipinski definition) is 4. The number of nitrogens with zero attached hydrogens (tertiary/aromatic N) is 3. The fourth-order valence-electron chi connectivity index (χ4n) is 3.73. The van der Waals surface area contributed by atoms with Crippen LogP contribution in [0.5, 0.6) is 0 Å². The molecule has 0 fully saturated rings. The molecule has 0 spiro atoms. The lowest BCUT2D eigenvalue weighted by molar-refractivity contribution is 0.318. The summed E-state index contributed by atoms with van der Waals surface area (Å²) in [6, 6.07) is 19.7. The molecule has 6 nitrogen and oxygen atoms in total. The van der Waals surface area contributed by atoms with Gasteiger partial charge in [0.2, 0.25) is 10.0 Å². The molecule has 1 unspecified atom stereocenters. The average molecular weight is 502 g/mol. The van der Waals surface area contributed by atoms with Crippen molar-refractivity contribution in [2.45, 2.75) is 24.4 Å². The monoisotopic (exact) mass is 501 g/mol. The number of rotatable bonds is 6. The molecule has 0 N–H and O–H groups in total. The first kappa shape index (κ1) is 23.4. The highest BCUT2D eigenvalue weighted by molar-refractivity contribution is 7.89. The van der Waals surface area contributed by atoms with Gasteiger partial charge < -0.3 is 0 Å². The van der Waals surface area contributed by atoms with Crippen molar-refractivity contribution in [2.24, 2.45) is 7.05 Å². The van der Waals surface area contributed by atoms with Crippen molar-refractivity contribution in [3.05, 3.63) is 105 Å². The second kappa shape index (κ2) is 9.27. The Bertz CT molecular complexity index is 1490. The van der Waals surface area contributed by atoms with Crippen molar-refractivity contribution in [2.75, 3.05) is 0 Å². The summed E-state index contributed by atoms with van der Waals surface area (Å²) in [6.45, 7) is 1.76. The van der Waals surface area contributed by atoms with Crippen molar-refractivity contribution in [1.29, 1.82) is 0 Å². The summed E-state index contributed by atoms with van der Waals surface area (Å²) in [4.78, 5) is 17.5. The number of hydrogen-bond donors (Lipinski definition) is 0. The summed E-state index contributed by atoms with van der Waals surface area (Å²) < 4.78 is 30.4. The molecular formula is C24H21Cl2N3O3S. The standard InChI is InChI=1S/C24H21Cl2N3O3S/c1-16(23-27-21-11-7-6-10-19(21)24(30)28(23)2)29(15-17-8-4-3-5-9-17)33(31,32)22-14-18(25)12-13-20(22)26/h3-14,16H,15H2,1-2H3. The predicted octanol–water partition coefficient (Wildman–Crippen LogP) is 5.19. The normalized spacial score (nSPS) is 12.9. The van der Waals surface area contributed by atoms with Crippen molar-refractivity contribution < 1.29 is 8.42 Å². The van der Waals surface area contributed by atoms with Crippen LogP contribution in [0.1, 0.15) is 24.4 Å². The van der Waals surface area contributed by atoms with Crippen LogP contribution < -0.4 is 5.56 Å². The Morgan fingerprint density at radius 1 is 1.00 bits per heavy atom. The minimum absolute atomic E-state index is 0.0515. The van der Waals surface area contributed by atoms with E-state index in [-0.39, 0.29) is 27.0 Å². The molecule has 4 aromatic rings. The Labute approximate surface area is 202 Å². The van der Waals surface area contributed by atoms with Crippen LogP contribution in [0, 0.1) is 0 Å². The van der Waals surface area contributed by atoms with Gasteiger partial charge in [-0.05, 0) is 42.8 Å². The van der Waals surface area contributed by atoms with Gasteiger partial charge in [0.05, 0.1) is 22.0 Å². The first-order valence-corrected chi connectivity index (χ1v) is 12.4. The average Bonchev–Trinajstić information content (AvgIpc) is 2.81. The largest absolute Gasteiger partial charge is 0.298 e. The Balaban J connectivity index is 1.90. The third-order valence-electron chi connectivity index (χ3n) is 5.48. The molecule has 1 heterocycles. The summed E-state index contributed by atoms with van der Waals surface area (Å²) in [7, 11) is -2.53. The maximum atomic E-state index is 13.9. The van der Waals surface area contributed by atoms with Gasteiger partial charge in [-0.25, -0.2) is 13.4 Å². The fraction of sp³-hybridized carbons (Fsp3) is 0.167. The van der Waals surface area contributed by atoms with Crippen LogP contribution >= 0.6 is 23.2 Å². The Morgan fingerprint density at radius 2 is 1.67 bits per heavy atom. The molecule has 170 valence electrons. The molecular weight excluding hydrogens is 481 g/mol. The van der Waals surface area contributed by atoms with Gasteiger partial charge in [-0.1, -0.05) is 65.7 Å². The summed E-state index contributed by atoms with van der Waals surface area (Å²) in [6.07, 6.45) is 0. The minimum Gasteiger partial charge on any atom is -0.298 e. The van der Waals surface area contributed by atoms with Crippen LogP contribution in [0.25, 0.3) is 10.9 Å². The second-order valence-electron chi connectivity index (χ2n) is 7.64. The summed E-state index contributed by atoms with van der Waals surface area (Å²) in [5, 5.41) is 0.776. The van der Waals surface area contributed by atoms with E-state index in [1.807, 2.05) is 30.3 Å². The number of fused-ring (bicyclic) bond motifs is 1. The molecule has 0 aliphatic carbocycles. The van der Waals surface area contributed by atoms with Crippen LogP contribution in [0.4, 0.5) is 0 Å². The maximum Gasteiger partial charge on any atom is 0.261 e. The fourth-order valence-corrected chi connectivity index (χ4v) is 6.05. The number of aromatic nitrogens is 2. The molecule has 9 heteroatoms. The van der Waals surface area contributed by atoms with Gasteiger partial charge >= 0.3 is 0 Å². The van der Waals surface area contributed by atoms with Crippen molar-refractivity contribution in [3.8, 4) is 0 Å². The van der Waals surface area contributed by atoms with E-state index in [0.717, 1.165) is 5.56 Å². The van der Waals surface area contributed by atoms with E-state index in [9.17, 15) is 13.2 Å². The summed E-state index contributed by atoms with van der Waals surface area (Å²) in [5.41, 5.74) is 1.03. The molecule has 3 aromatic carbocycles. The zero-order valence-electron chi connectivity index (χ0n) is 17.9. The molecule has 1 atom stereocenters. The number of sulfonamides is 1. The topological polar surface area (TPSA) is 72.3 Å². The number of para-hydroxylation sites is 1. The van der Waals surface area contributed by atoms with Gasteiger partial charge in [0.1, 0.15) is 10.7 Å². The third kappa shape index (κ3) is 4.54. The molecule has 4 rings (SSSR count). The molecule has 0 aliphatic rings. The molecule has 0 saturated heterocycles. The van der Waals surface area contributed by atoms with E-state index < -0.39 is 16.1 Å². The second-order valence-corrected chi connectivity index (χ2v) is 10.3. The van der Waals surface area contributed by atoms with E-state index in [4.69, 9.17) is 23.2 Å². The molecule has 1 aromatic heterocycles. The van der Waals surface area contributed by atoms with Crippen LogP contribution in [0.3, 0.4) is 0 Å². The quantitative estimate of drug-likeness (QED) is 0.364. The van der Waals surface area contributed by atoms with Gasteiger partial charge in [0.15, 0.2) is 0 Å². The predicted molar refractivity (Wildman–Crippen MR) is 131 cm³/mol. The number of benzene rings is 3. The first-order valence-electron chi connectivity index (χ1n) is 10.2. The van der Waals surface area contributed by atoms with Crippen LogP contribution in [0.2, 0.25) is 10.0 Å². The summed E-state index contributed by atoms with van der Waals surface area (Å²) >= 11 is 12.4. The van der Waals surface area contributed by atoms with Gasteiger partial charge in [0.25, 0.3) is 5.56 Å². The third-order valence-corrected chi connectivity index (χ3v) is 8.12. The molecule has 0 amide bonds. The first-order chi connectivity index (χ1) is 15.7. The zero-order chi connectivity index (χ0) is 23.8. The van der Waals surface area contributed by atoms with Crippen LogP contribution in [0.15, 0.2) is 82.5 Å². The van der Waals surface area contributed by atoms with E-state index in [2.05, 4.69) is 4.98 Å². The molecule has 0 bridgehead atoms. The van der Waals surface area contributed by atoms with E-state index >= 15 is 0 Å². The van der Waals surface area contributed by atoms with Crippen LogP contribution in [-0.4, -0.2) is 22.3 Å². The zero-order valence-corrected chi connectivity index (χ0v) is 20.3. The van der Waals surface area contributed by atoms with Gasteiger partial charge in [-0.3, -0.25) is 9.36 Å². The molecule has 0 aliphatic heterocycles. The SMILES string of the molecule is CC(c1nc2ccccc2c(=O)n1C)N(Cc1ccccc1)S(=O)(=O)c1cc(Cl)ccc1Cl. The Hall–Kier alpha value is -2.71. The molecule has 0 saturated carbocycles. The Kier molecular flexibility index (Phi) is 6.59. The highest BCUT2D eigenvalue weighted by atomic mass is 35.5. The van der Waals surface area contributed by atoms with Gasteiger partial charge in [0, 0.05) is 18.6 Å². The minimum atomic E-state index is -4.12. The van der Waals surface area contributed by atoms with Gasteiger partial charge in [-0.15, -0.1) is 0 Å². The van der Waals surface area contributed by atoms with Crippen molar-refractivity contribution in [1.82, 2.24) is 13.9 Å². The lowest BCUT2D eigenvalue weighted by Crippen LogP contribution is -2.37. The van der Waals surface area contributed by atoms with E-state index in [1.165, 1.54) is 27.1 Å². The van der Waals surface area contributed by atoms with E-state index in [1.54, 1.807) is 38.2 Å². The number of halogens is 2. The Morgan fingerprint density at radius 3 is 2.39 bits per heavy atom. The highest BCUT2D eigenvalue weighted by Gasteiger charge is 2.34. The maximum absolute atomic E-state index is 13.9. The van der Waals surface area contributed by atoms with Crippen molar-refractivity contribution in [3.63, 3.8) is 0 Å². The van der Waals surface area contributed by atoms with Crippen LogP contribution in [-0.2, 0) is 23.6 Å². The highest BCUT2D eigenvalue weighted by Crippen LogP contribution is 2.33. The smallest absolute Gasteiger partial charge is 0.261 e. The van der Waals surface area contributed by atoms with E-state index in [0.29, 0.717) is 16.7 Å². The molecule has 0 radical (unpaired) electrons. The lowest BCUT2D eigenvalue weighted by atomic mass is 10.2.